The summed E-state index contributed by atoms with van der Waals surface area (Å²) in [5, 5.41) is 3.77. The molecule has 8 nitrogen and oxygen atoms in total. The van der Waals surface area contributed by atoms with Crippen molar-refractivity contribution in [1.29, 1.82) is 0 Å². The third-order valence-corrected chi connectivity index (χ3v) is 6.90. The van der Waals surface area contributed by atoms with Gasteiger partial charge in [-0.3, -0.25) is 9.69 Å². The van der Waals surface area contributed by atoms with Crippen LogP contribution < -0.4 is 10.1 Å². The van der Waals surface area contributed by atoms with Crippen LogP contribution >= 0.6 is 0 Å². The fraction of sp³-hybridized carbons (Fsp3) is 0.407. The van der Waals surface area contributed by atoms with Crippen molar-refractivity contribution in [3.63, 3.8) is 0 Å². The molecular weight excluding hydrogens is 446 g/mol. The average Bonchev–Trinajstić information content (AvgIpc) is 3.19. The lowest BCUT2D eigenvalue weighted by Gasteiger charge is -2.34. The number of aromatic nitrogens is 1. The van der Waals surface area contributed by atoms with Gasteiger partial charge in [0.15, 0.2) is 0 Å². The molecule has 1 amide bonds. The summed E-state index contributed by atoms with van der Waals surface area (Å²) in [5.74, 6) is 0.0144. The topological polar surface area (TPSA) is 82.0 Å². The molecule has 1 aromatic heterocycles. The molecule has 0 saturated carbocycles. The van der Waals surface area contributed by atoms with E-state index in [1.807, 2.05) is 55.5 Å². The maximum Gasteiger partial charge on any atom is 0.328 e. The predicted octanol–water partition coefficient (Wildman–Crippen LogP) is 2.73. The Morgan fingerprint density at radius 1 is 1.11 bits per heavy atom. The number of carbonyl (C=O) groups excluding carboxylic acids is 2. The van der Waals surface area contributed by atoms with Crippen LogP contribution in [0.2, 0.25) is 0 Å². The van der Waals surface area contributed by atoms with Gasteiger partial charge in [-0.15, -0.1) is 0 Å². The van der Waals surface area contributed by atoms with Crippen LogP contribution in [0.4, 0.5) is 0 Å². The predicted molar refractivity (Wildman–Crippen MR) is 132 cm³/mol. The van der Waals surface area contributed by atoms with E-state index in [2.05, 4.69) is 14.8 Å². The third kappa shape index (κ3) is 4.63. The SMILES string of the molecule is COC(=O)[C@H](Cc1ccccc1)NC(=O)c1c(C)n2c3c(cccc13)OC[C@H]2CN1CCOCC1. The summed E-state index contributed by atoms with van der Waals surface area (Å²) in [5.41, 5.74) is 3.31. The van der Waals surface area contributed by atoms with Gasteiger partial charge in [0.1, 0.15) is 18.4 Å². The third-order valence-electron chi connectivity index (χ3n) is 6.90. The second-order valence-electron chi connectivity index (χ2n) is 9.10. The van der Waals surface area contributed by atoms with Gasteiger partial charge in [0.05, 0.1) is 37.4 Å². The first kappa shape index (κ1) is 23.4. The number of nitrogens with zero attached hydrogens (tertiary/aromatic N) is 2. The van der Waals surface area contributed by atoms with Gasteiger partial charge in [0.2, 0.25) is 0 Å². The minimum Gasteiger partial charge on any atom is -0.489 e. The van der Waals surface area contributed by atoms with Gasteiger partial charge in [-0.2, -0.15) is 0 Å². The largest absolute Gasteiger partial charge is 0.489 e. The van der Waals surface area contributed by atoms with Crippen LogP contribution in [0.5, 0.6) is 5.75 Å². The number of esters is 1. The van der Waals surface area contributed by atoms with Crippen molar-refractivity contribution in [3.05, 3.63) is 65.4 Å². The normalized spacial score (nSPS) is 18.6. The number of ether oxygens (including phenoxy) is 3. The molecule has 0 radical (unpaired) electrons. The van der Waals surface area contributed by atoms with E-state index in [-0.39, 0.29) is 11.9 Å². The van der Waals surface area contributed by atoms with E-state index >= 15 is 0 Å². The second-order valence-corrected chi connectivity index (χ2v) is 9.10. The van der Waals surface area contributed by atoms with Gasteiger partial charge < -0.3 is 24.1 Å². The Balaban J connectivity index is 1.47. The van der Waals surface area contributed by atoms with Gasteiger partial charge >= 0.3 is 5.97 Å². The van der Waals surface area contributed by atoms with Crippen LogP contribution in [0.25, 0.3) is 10.9 Å². The quantitative estimate of drug-likeness (QED) is 0.527. The maximum absolute atomic E-state index is 13.7. The zero-order valence-corrected chi connectivity index (χ0v) is 20.2. The van der Waals surface area contributed by atoms with E-state index in [0.29, 0.717) is 18.6 Å². The molecule has 1 saturated heterocycles. The van der Waals surface area contributed by atoms with Crippen molar-refractivity contribution in [2.24, 2.45) is 0 Å². The Labute approximate surface area is 204 Å². The van der Waals surface area contributed by atoms with Crippen molar-refractivity contribution < 1.29 is 23.8 Å². The van der Waals surface area contributed by atoms with Gasteiger partial charge in [0, 0.05) is 37.1 Å². The van der Waals surface area contributed by atoms with E-state index in [1.54, 1.807) is 0 Å². The number of nitrogens with one attached hydrogen (secondary N) is 1. The van der Waals surface area contributed by atoms with Crippen LogP contribution in [0, 0.1) is 6.92 Å². The standard InChI is InChI=1S/C27H31N3O5/c1-18-24(26(31)28-22(27(32)33-2)15-19-7-4-3-5-8-19)21-9-6-10-23-25(21)30(18)20(17-35-23)16-29-11-13-34-14-12-29/h3-10,20,22H,11-17H2,1-2H3,(H,28,31)/t20-,22+/m1/s1. The Hall–Kier alpha value is -3.36. The summed E-state index contributed by atoms with van der Waals surface area (Å²) in [4.78, 5) is 28.6. The number of hydrogen-bond acceptors (Lipinski definition) is 6. The molecule has 2 aliphatic heterocycles. The van der Waals surface area contributed by atoms with Crippen molar-refractivity contribution in [1.82, 2.24) is 14.8 Å². The van der Waals surface area contributed by atoms with Crippen LogP contribution in [0.1, 0.15) is 27.7 Å². The molecule has 0 bridgehead atoms. The highest BCUT2D eigenvalue weighted by molar-refractivity contribution is 6.10. The molecular formula is C27H31N3O5. The summed E-state index contributed by atoms with van der Waals surface area (Å²) in [7, 11) is 1.34. The summed E-state index contributed by atoms with van der Waals surface area (Å²) >= 11 is 0. The summed E-state index contributed by atoms with van der Waals surface area (Å²) in [6.45, 7) is 6.56. The molecule has 8 heteroatoms. The lowest BCUT2D eigenvalue weighted by molar-refractivity contribution is -0.142. The lowest BCUT2D eigenvalue weighted by atomic mass is 10.0. The first-order chi connectivity index (χ1) is 17.1. The fourth-order valence-corrected chi connectivity index (χ4v) is 5.21. The van der Waals surface area contributed by atoms with Crippen LogP contribution in [-0.2, 0) is 20.7 Å². The lowest BCUT2D eigenvalue weighted by Crippen LogP contribution is -2.43. The van der Waals surface area contributed by atoms with Gasteiger partial charge in [-0.1, -0.05) is 42.5 Å². The van der Waals surface area contributed by atoms with Crippen LogP contribution in [-0.4, -0.2) is 74.0 Å². The Kier molecular flexibility index (Phi) is 6.74. The first-order valence-electron chi connectivity index (χ1n) is 12.1. The zero-order valence-electron chi connectivity index (χ0n) is 20.2. The molecule has 184 valence electrons. The minimum absolute atomic E-state index is 0.0766. The number of methoxy groups -OCH3 is 1. The van der Waals surface area contributed by atoms with E-state index in [4.69, 9.17) is 14.2 Å². The first-order valence-corrected chi connectivity index (χ1v) is 12.1. The number of benzene rings is 2. The van der Waals surface area contributed by atoms with Crippen molar-refractivity contribution in [2.75, 3.05) is 46.6 Å². The fourth-order valence-electron chi connectivity index (χ4n) is 5.21. The maximum atomic E-state index is 13.7. The minimum atomic E-state index is -0.790. The Morgan fingerprint density at radius 2 is 1.89 bits per heavy atom. The molecule has 1 fully saturated rings. The Bertz CT molecular complexity index is 1220. The molecule has 2 atom stereocenters. The molecule has 0 spiro atoms. The zero-order chi connectivity index (χ0) is 24.4. The van der Waals surface area contributed by atoms with E-state index in [0.717, 1.165) is 60.8 Å². The number of rotatable bonds is 7. The molecule has 0 unspecified atom stereocenters. The Morgan fingerprint density at radius 3 is 2.63 bits per heavy atom. The van der Waals surface area contributed by atoms with Crippen LogP contribution in [0.15, 0.2) is 48.5 Å². The van der Waals surface area contributed by atoms with Crippen molar-refractivity contribution in [3.8, 4) is 5.75 Å². The number of amides is 1. The molecule has 2 aromatic carbocycles. The highest BCUT2D eigenvalue weighted by Crippen LogP contribution is 2.39. The molecule has 3 heterocycles. The van der Waals surface area contributed by atoms with Gasteiger partial charge in [0.25, 0.3) is 5.91 Å². The molecule has 35 heavy (non-hydrogen) atoms. The molecule has 0 aliphatic carbocycles. The number of para-hydroxylation sites is 1. The van der Waals surface area contributed by atoms with E-state index in [1.165, 1.54) is 7.11 Å². The summed E-state index contributed by atoms with van der Waals surface area (Å²) in [6, 6.07) is 14.7. The van der Waals surface area contributed by atoms with Crippen LogP contribution in [0.3, 0.4) is 0 Å². The van der Waals surface area contributed by atoms with E-state index < -0.39 is 12.0 Å². The highest BCUT2D eigenvalue weighted by Gasteiger charge is 2.32. The van der Waals surface area contributed by atoms with Crippen molar-refractivity contribution in [2.45, 2.75) is 25.4 Å². The second kappa shape index (κ2) is 10.1. The molecule has 5 rings (SSSR count). The smallest absolute Gasteiger partial charge is 0.328 e. The highest BCUT2D eigenvalue weighted by atomic mass is 16.5. The average molecular weight is 478 g/mol. The summed E-state index contributed by atoms with van der Waals surface area (Å²) < 4.78 is 18.9. The number of carbonyl (C=O) groups is 2. The van der Waals surface area contributed by atoms with Gasteiger partial charge in [-0.05, 0) is 18.6 Å². The number of hydrogen-bond donors (Lipinski definition) is 1. The van der Waals surface area contributed by atoms with Gasteiger partial charge in [-0.25, -0.2) is 4.79 Å². The monoisotopic (exact) mass is 477 g/mol. The molecule has 3 aromatic rings. The number of morpholine rings is 1. The molecule has 2 aliphatic rings. The van der Waals surface area contributed by atoms with E-state index in [9.17, 15) is 9.59 Å². The van der Waals surface area contributed by atoms with Crippen molar-refractivity contribution >= 4 is 22.8 Å². The molecule has 1 N–H and O–H groups in total. The summed E-state index contributed by atoms with van der Waals surface area (Å²) in [6.07, 6.45) is 0.352.